The molecule has 0 heterocycles. The number of hydrogen-bond donors (Lipinski definition) is 0. The number of rotatable bonds is 7. The van der Waals surface area contributed by atoms with Crippen LogP contribution < -0.4 is 0 Å². The van der Waals surface area contributed by atoms with Crippen LogP contribution in [0.2, 0.25) is 5.54 Å². The zero-order chi connectivity index (χ0) is 11.0. The monoisotopic (exact) mass is 218 g/mol. The molecule has 0 fully saturated rings. The van der Waals surface area contributed by atoms with E-state index < -0.39 is 0 Å². The molecule has 5 heteroatoms. The van der Waals surface area contributed by atoms with Gasteiger partial charge in [-0.2, -0.15) is 0 Å². The van der Waals surface area contributed by atoms with Crippen LogP contribution in [0, 0.1) is 0 Å². The summed E-state index contributed by atoms with van der Waals surface area (Å²) >= 11 is 0. The first-order valence-electron chi connectivity index (χ1n) is 4.50. The molecule has 0 aromatic rings. The summed E-state index contributed by atoms with van der Waals surface area (Å²) in [5.74, 6) is -0.384. The molecule has 82 valence electrons. The maximum Gasteiger partial charge on any atom is 0.330 e. The third-order valence-corrected chi connectivity index (χ3v) is 3.04. The van der Waals surface area contributed by atoms with E-state index in [1.54, 1.807) is 14.2 Å². The third kappa shape index (κ3) is 5.16. The van der Waals surface area contributed by atoms with Crippen molar-refractivity contribution < 1.29 is 19.0 Å². The van der Waals surface area contributed by atoms with Crippen LogP contribution in [0.4, 0.5) is 0 Å². The van der Waals surface area contributed by atoms with Crippen molar-refractivity contribution in [3.63, 3.8) is 0 Å². The molecule has 0 N–H and O–H groups in total. The smallest absolute Gasteiger partial charge is 0.330 e. The van der Waals surface area contributed by atoms with E-state index in [4.69, 9.17) is 14.2 Å². The van der Waals surface area contributed by atoms with Crippen LogP contribution in [0.5, 0.6) is 0 Å². The molecule has 0 radical (unpaired) electrons. The highest BCUT2D eigenvalue weighted by atomic mass is 28.1. The van der Waals surface area contributed by atoms with E-state index in [0.29, 0.717) is 12.1 Å². The topological polar surface area (TPSA) is 44.8 Å². The molecule has 0 aromatic heterocycles. The Hall–Kier alpha value is -0.653. The zero-order valence-corrected chi connectivity index (χ0v) is 11.0. The molecule has 0 saturated carbocycles. The fraction of sp³-hybridized carbons (Fsp3) is 0.667. The van der Waals surface area contributed by atoms with Gasteiger partial charge in [0, 0.05) is 30.5 Å². The summed E-state index contributed by atoms with van der Waals surface area (Å²) in [6.45, 7) is 3.70. The summed E-state index contributed by atoms with van der Waals surface area (Å²) in [4.78, 5) is 10.7. The Morgan fingerprint density at radius 3 is 2.50 bits per heavy atom. The van der Waals surface area contributed by atoms with E-state index in [9.17, 15) is 4.79 Å². The molecular formula is C9H18O4Si. The van der Waals surface area contributed by atoms with E-state index >= 15 is 0 Å². The van der Waals surface area contributed by atoms with Gasteiger partial charge in [0.15, 0.2) is 6.29 Å². The van der Waals surface area contributed by atoms with Gasteiger partial charge in [0.1, 0.15) is 0 Å². The highest BCUT2D eigenvalue weighted by Gasteiger charge is 2.15. The molecule has 0 amide bonds. The van der Waals surface area contributed by atoms with Crippen molar-refractivity contribution in [3.05, 3.63) is 12.7 Å². The Kier molecular flexibility index (Phi) is 7.36. The number of esters is 1. The van der Waals surface area contributed by atoms with E-state index in [1.165, 1.54) is 0 Å². The first kappa shape index (κ1) is 13.3. The molecule has 0 aliphatic rings. The Bertz CT molecular complexity index is 180. The van der Waals surface area contributed by atoms with Gasteiger partial charge in [0.05, 0.1) is 6.61 Å². The highest BCUT2D eigenvalue weighted by molar-refractivity contribution is 6.11. The summed E-state index contributed by atoms with van der Waals surface area (Å²) in [7, 11) is 4.15. The Labute approximate surface area is 87.6 Å². The molecule has 0 saturated heterocycles. The molecule has 4 nitrogen and oxygen atoms in total. The lowest BCUT2D eigenvalue weighted by Crippen LogP contribution is -2.22. The normalized spacial score (nSPS) is 12.8. The first-order chi connectivity index (χ1) is 6.65. The molecule has 1 atom stereocenters. The molecule has 0 aromatic carbocycles. The third-order valence-electron chi connectivity index (χ3n) is 1.91. The van der Waals surface area contributed by atoms with E-state index in [1.807, 2.05) is 0 Å². The molecular weight excluding hydrogens is 200 g/mol. The zero-order valence-electron chi connectivity index (χ0n) is 8.99. The second-order valence-electron chi connectivity index (χ2n) is 2.98. The first-order valence-corrected chi connectivity index (χ1v) is 5.66. The lowest BCUT2D eigenvalue weighted by Gasteiger charge is -2.20. The van der Waals surface area contributed by atoms with Crippen molar-refractivity contribution in [2.24, 2.45) is 0 Å². The number of carbonyl (C=O) groups is 1. The van der Waals surface area contributed by atoms with Gasteiger partial charge in [-0.1, -0.05) is 6.58 Å². The summed E-state index contributed by atoms with van der Waals surface area (Å²) in [6, 6.07) is 0. The van der Waals surface area contributed by atoms with Crippen LogP contribution >= 0.6 is 0 Å². The maximum absolute atomic E-state index is 10.7. The van der Waals surface area contributed by atoms with E-state index in [2.05, 4.69) is 6.58 Å². The lowest BCUT2D eigenvalue weighted by molar-refractivity contribution is -0.139. The second kappa shape index (κ2) is 7.72. The Balaban J connectivity index is 3.66. The molecule has 14 heavy (non-hydrogen) atoms. The van der Waals surface area contributed by atoms with Crippen molar-refractivity contribution in [1.29, 1.82) is 0 Å². The average molecular weight is 218 g/mol. The number of hydrogen-bond acceptors (Lipinski definition) is 4. The summed E-state index contributed by atoms with van der Waals surface area (Å²) in [5.41, 5.74) is 0.322. The van der Waals surface area contributed by atoms with Crippen molar-refractivity contribution >= 4 is 16.2 Å². The van der Waals surface area contributed by atoms with Crippen LogP contribution in [-0.2, 0) is 19.0 Å². The van der Waals surface area contributed by atoms with Gasteiger partial charge in [-0.3, -0.25) is 0 Å². The van der Waals surface area contributed by atoms with Gasteiger partial charge in [0.2, 0.25) is 0 Å². The van der Waals surface area contributed by atoms with Gasteiger partial charge in [0.25, 0.3) is 0 Å². The van der Waals surface area contributed by atoms with Crippen LogP contribution in [0.25, 0.3) is 0 Å². The largest absolute Gasteiger partial charge is 0.463 e. The minimum atomic E-state index is -0.384. The van der Waals surface area contributed by atoms with Crippen molar-refractivity contribution in [1.82, 2.24) is 0 Å². The highest BCUT2D eigenvalue weighted by Crippen LogP contribution is 2.14. The average Bonchev–Trinajstić information content (AvgIpc) is 2.19. The van der Waals surface area contributed by atoms with Crippen LogP contribution in [0.1, 0.15) is 6.42 Å². The summed E-state index contributed by atoms with van der Waals surface area (Å²) < 4.78 is 15.0. The quantitative estimate of drug-likeness (QED) is 0.259. The van der Waals surface area contributed by atoms with Crippen molar-refractivity contribution in [2.45, 2.75) is 18.3 Å². The van der Waals surface area contributed by atoms with Crippen LogP contribution in [0.3, 0.4) is 0 Å². The van der Waals surface area contributed by atoms with Gasteiger partial charge >= 0.3 is 5.97 Å². The standard InChI is InChI=1S/C9H18O4Si/c1-4-8(10)13-6-5-7(14)9(11-2)12-3/h4,7,9H,1,5-6H2,2-3,14H3. The minimum Gasteiger partial charge on any atom is -0.463 e. The second-order valence-corrected chi connectivity index (χ2v) is 4.46. The fourth-order valence-corrected chi connectivity index (χ4v) is 1.88. The fourth-order valence-electron chi connectivity index (χ4n) is 1.10. The summed E-state index contributed by atoms with van der Waals surface area (Å²) in [5, 5.41) is 0. The van der Waals surface area contributed by atoms with E-state index in [-0.39, 0.29) is 12.3 Å². The van der Waals surface area contributed by atoms with E-state index in [0.717, 1.165) is 22.7 Å². The Morgan fingerprint density at radius 2 is 2.07 bits per heavy atom. The molecule has 0 spiro atoms. The molecule has 0 aliphatic carbocycles. The molecule has 0 rings (SSSR count). The van der Waals surface area contributed by atoms with Gasteiger partial charge in [-0.05, 0) is 12.0 Å². The number of carbonyl (C=O) groups excluding carboxylic acids is 1. The van der Waals surface area contributed by atoms with Gasteiger partial charge < -0.3 is 14.2 Å². The minimum absolute atomic E-state index is 0.191. The van der Waals surface area contributed by atoms with Gasteiger partial charge in [-0.25, -0.2) is 4.79 Å². The summed E-state index contributed by atoms with van der Waals surface area (Å²) in [6.07, 6.45) is 1.73. The number of ether oxygens (including phenoxy) is 3. The number of methoxy groups -OCH3 is 2. The molecule has 1 unspecified atom stereocenters. The molecule has 0 aliphatic heterocycles. The van der Waals surface area contributed by atoms with Crippen molar-refractivity contribution in [3.8, 4) is 0 Å². The van der Waals surface area contributed by atoms with Crippen LogP contribution in [-0.4, -0.2) is 43.3 Å². The molecule has 0 bridgehead atoms. The SMILES string of the molecule is C=CC(=O)OCCC([SiH3])C(OC)OC. The predicted molar refractivity (Wildman–Crippen MR) is 57.3 cm³/mol. The Morgan fingerprint density at radius 1 is 1.50 bits per heavy atom. The van der Waals surface area contributed by atoms with Gasteiger partial charge in [-0.15, -0.1) is 0 Å². The van der Waals surface area contributed by atoms with Crippen LogP contribution in [0.15, 0.2) is 12.7 Å². The maximum atomic E-state index is 10.7. The lowest BCUT2D eigenvalue weighted by atomic mass is 10.3. The predicted octanol–water partition coefficient (Wildman–Crippen LogP) is -0.122. The van der Waals surface area contributed by atoms with Crippen molar-refractivity contribution in [2.75, 3.05) is 20.8 Å².